The molecular weight excluding hydrogens is 602 g/mol. The molecule has 3 aromatic carbocycles. The van der Waals surface area contributed by atoms with Gasteiger partial charge in [0.05, 0.1) is 12.7 Å². The molecule has 2 heterocycles. The molecular formula is C35H43N5O7. The van der Waals surface area contributed by atoms with Crippen molar-refractivity contribution in [2.75, 3.05) is 30.8 Å². The molecule has 1 unspecified atom stereocenters. The van der Waals surface area contributed by atoms with E-state index in [0.717, 1.165) is 22.3 Å². The van der Waals surface area contributed by atoms with E-state index in [9.17, 15) is 19.5 Å². The summed E-state index contributed by atoms with van der Waals surface area (Å²) in [5.41, 5.74) is 15.2. The Morgan fingerprint density at radius 1 is 0.957 bits per heavy atom. The van der Waals surface area contributed by atoms with Gasteiger partial charge in [-0.2, -0.15) is 0 Å². The van der Waals surface area contributed by atoms with Crippen LogP contribution in [0.15, 0.2) is 60.7 Å². The van der Waals surface area contributed by atoms with Crippen LogP contribution in [0.25, 0.3) is 0 Å². The van der Waals surface area contributed by atoms with E-state index in [1.807, 2.05) is 56.3 Å². The molecule has 3 aromatic rings. The predicted octanol–water partition coefficient (Wildman–Crippen LogP) is 2.90. The average molecular weight is 646 g/mol. The third-order valence-electron chi connectivity index (χ3n) is 8.22. The molecule has 5 rings (SSSR count). The predicted molar refractivity (Wildman–Crippen MR) is 177 cm³/mol. The van der Waals surface area contributed by atoms with Gasteiger partial charge in [0.2, 0.25) is 17.7 Å². The molecule has 12 heteroatoms. The Hall–Kier alpha value is -4.49. The molecule has 0 saturated carbocycles. The summed E-state index contributed by atoms with van der Waals surface area (Å²) in [5, 5.41) is 18.6. The van der Waals surface area contributed by atoms with Crippen molar-refractivity contribution in [2.24, 2.45) is 11.7 Å². The minimum Gasteiger partial charge on any atom is -0.456 e. The number of carbonyl (C=O) groups is 3. The molecule has 2 aliphatic heterocycles. The second-order valence-corrected chi connectivity index (χ2v) is 12.4. The highest BCUT2D eigenvalue weighted by Gasteiger charge is 2.49. The zero-order valence-electron chi connectivity index (χ0n) is 26.9. The maximum atomic E-state index is 13.5. The van der Waals surface area contributed by atoms with Crippen LogP contribution in [-0.2, 0) is 36.1 Å². The third-order valence-corrected chi connectivity index (χ3v) is 8.22. The number of rotatable bonds is 13. The lowest BCUT2D eigenvalue weighted by Gasteiger charge is -2.37. The molecule has 8 N–H and O–H groups in total. The minimum absolute atomic E-state index is 0.0538. The normalized spacial score (nSPS) is 17.9. The number of nitrogen functional groups attached to an aromatic ring is 1. The number of ether oxygens (including phenoxy) is 3. The number of carbonyl (C=O) groups excluding carboxylic acids is 3. The first-order valence-corrected chi connectivity index (χ1v) is 15.8. The number of amides is 3. The van der Waals surface area contributed by atoms with Crippen molar-refractivity contribution < 1.29 is 33.7 Å². The van der Waals surface area contributed by atoms with Crippen molar-refractivity contribution in [3.05, 3.63) is 82.9 Å². The van der Waals surface area contributed by atoms with E-state index < -0.39 is 41.5 Å². The van der Waals surface area contributed by atoms with E-state index in [0.29, 0.717) is 55.5 Å². The van der Waals surface area contributed by atoms with Gasteiger partial charge in [-0.3, -0.25) is 14.4 Å². The second-order valence-electron chi connectivity index (χ2n) is 12.4. The smallest absolute Gasteiger partial charge is 0.249 e. The van der Waals surface area contributed by atoms with Crippen LogP contribution in [0.4, 0.5) is 11.4 Å². The van der Waals surface area contributed by atoms with Crippen molar-refractivity contribution in [1.29, 1.82) is 0 Å². The average Bonchev–Trinajstić information content (AvgIpc) is 3.40. The van der Waals surface area contributed by atoms with E-state index in [4.69, 9.17) is 25.7 Å². The van der Waals surface area contributed by atoms with Gasteiger partial charge >= 0.3 is 0 Å². The van der Waals surface area contributed by atoms with E-state index in [1.165, 1.54) is 6.92 Å². The lowest BCUT2D eigenvalue weighted by atomic mass is 9.77. The molecule has 47 heavy (non-hydrogen) atoms. The molecule has 3 amide bonds. The summed E-state index contributed by atoms with van der Waals surface area (Å²) in [7, 11) is 0. The molecule has 4 atom stereocenters. The lowest BCUT2D eigenvalue weighted by Crippen LogP contribution is -2.56. The van der Waals surface area contributed by atoms with E-state index >= 15 is 0 Å². The van der Waals surface area contributed by atoms with Gasteiger partial charge in [-0.05, 0) is 67.6 Å². The maximum Gasteiger partial charge on any atom is 0.249 e. The van der Waals surface area contributed by atoms with Crippen LogP contribution in [0.1, 0.15) is 55.9 Å². The van der Waals surface area contributed by atoms with Crippen LogP contribution in [0.2, 0.25) is 0 Å². The molecule has 1 spiro atoms. The van der Waals surface area contributed by atoms with Crippen molar-refractivity contribution in [3.63, 3.8) is 0 Å². The zero-order valence-corrected chi connectivity index (χ0v) is 26.9. The molecule has 12 nitrogen and oxygen atoms in total. The number of hydrogen-bond acceptors (Lipinski definition) is 9. The largest absolute Gasteiger partial charge is 0.456 e. The van der Waals surface area contributed by atoms with Crippen molar-refractivity contribution >= 4 is 29.1 Å². The highest BCUT2D eigenvalue weighted by Crippen LogP contribution is 2.56. The summed E-state index contributed by atoms with van der Waals surface area (Å²) >= 11 is 0. The number of anilines is 2. The molecule has 0 aliphatic carbocycles. The van der Waals surface area contributed by atoms with Gasteiger partial charge in [-0.15, -0.1) is 0 Å². The van der Waals surface area contributed by atoms with Crippen molar-refractivity contribution in [3.8, 4) is 11.5 Å². The van der Waals surface area contributed by atoms with Gasteiger partial charge in [-0.25, -0.2) is 0 Å². The Labute approximate surface area is 274 Å². The van der Waals surface area contributed by atoms with Crippen molar-refractivity contribution in [1.82, 2.24) is 10.6 Å². The maximum absolute atomic E-state index is 13.5. The monoisotopic (exact) mass is 645 g/mol. The molecule has 0 aromatic heterocycles. The third kappa shape index (κ3) is 7.25. The zero-order chi connectivity index (χ0) is 33.7. The first-order chi connectivity index (χ1) is 22.5. The van der Waals surface area contributed by atoms with E-state index in [-0.39, 0.29) is 12.5 Å². The second kappa shape index (κ2) is 14.5. The summed E-state index contributed by atoms with van der Waals surface area (Å²) in [6, 6.07) is 16.5. The molecule has 2 aliphatic rings. The molecule has 0 saturated heterocycles. The standard InChI is InChI=1S/C35H43N5O7/c1-20(2)15-28(39-31(42)19-45-14-6-13-36)33(43)40-32(21(3)41)34(44)38-24-10-12-27-30(17-24)47-29-16-23(37)9-11-26(29)35(27)25-8-5-4-7-22(25)18-46-35/h4-5,7-12,16-17,20-21,28,32,41H,6,13-15,18-19,36-37H2,1-3H3,(H,38,44)(H,39,42)(H,40,43)/t21-,28+,32+,35?/m1/s1. The summed E-state index contributed by atoms with van der Waals surface area (Å²) in [6.07, 6.45) is -0.324. The first kappa shape index (κ1) is 33.9. The van der Waals surface area contributed by atoms with Crippen LogP contribution in [-0.4, -0.2) is 60.8 Å². The number of fused-ring (bicyclic) bond motifs is 6. The highest BCUT2D eigenvalue weighted by molar-refractivity contribution is 5.99. The van der Waals surface area contributed by atoms with Gasteiger partial charge in [-0.1, -0.05) is 38.1 Å². The number of hydrogen-bond donors (Lipinski definition) is 6. The summed E-state index contributed by atoms with van der Waals surface area (Å²) < 4.78 is 18.2. The van der Waals surface area contributed by atoms with E-state index in [1.54, 1.807) is 18.2 Å². The SMILES string of the molecule is CC(C)C[C@H](NC(=O)COCCCN)C(=O)N[C@H](C(=O)Nc1ccc2c(c1)Oc1cc(N)ccc1C21OCc2ccccc21)[C@@H](C)O. The van der Waals surface area contributed by atoms with Gasteiger partial charge in [0.1, 0.15) is 30.2 Å². The Kier molecular flexibility index (Phi) is 10.5. The van der Waals surface area contributed by atoms with Gasteiger partial charge in [0, 0.05) is 41.2 Å². The van der Waals surface area contributed by atoms with Gasteiger partial charge < -0.3 is 46.7 Å². The fraction of sp³-hybridized carbons (Fsp3) is 0.400. The van der Waals surface area contributed by atoms with Gasteiger partial charge in [0.25, 0.3) is 0 Å². The molecule has 0 bridgehead atoms. The fourth-order valence-corrected chi connectivity index (χ4v) is 6.02. The quantitative estimate of drug-likeness (QED) is 0.120. The molecule has 0 fully saturated rings. The van der Waals surface area contributed by atoms with E-state index in [2.05, 4.69) is 16.0 Å². The first-order valence-electron chi connectivity index (χ1n) is 15.8. The summed E-state index contributed by atoms with van der Waals surface area (Å²) in [6.45, 7) is 6.17. The lowest BCUT2D eigenvalue weighted by molar-refractivity contribution is -0.134. The topological polar surface area (TPSA) is 187 Å². The minimum atomic E-state index is -1.32. The number of aliphatic hydroxyl groups is 1. The Morgan fingerprint density at radius 3 is 2.40 bits per heavy atom. The number of benzene rings is 3. The van der Waals surface area contributed by atoms with Crippen LogP contribution in [0.3, 0.4) is 0 Å². The molecule has 250 valence electrons. The Bertz CT molecular complexity index is 1630. The van der Waals surface area contributed by atoms with Crippen LogP contribution in [0.5, 0.6) is 11.5 Å². The number of nitrogens with one attached hydrogen (secondary N) is 3. The fourth-order valence-electron chi connectivity index (χ4n) is 6.02. The number of aliphatic hydroxyl groups excluding tert-OH is 1. The Morgan fingerprint density at radius 2 is 1.68 bits per heavy atom. The van der Waals surface area contributed by atoms with Crippen molar-refractivity contribution in [2.45, 2.75) is 64.0 Å². The van der Waals surface area contributed by atoms with Crippen LogP contribution in [0, 0.1) is 5.92 Å². The summed E-state index contributed by atoms with van der Waals surface area (Å²) in [5.74, 6) is -0.663. The number of nitrogens with two attached hydrogens (primary N) is 2. The van der Waals surface area contributed by atoms with Crippen LogP contribution >= 0.6 is 0 Å². The highest BCUT2D eigenvalue weighted by atomic mass is 16.5. The summed E-state index contributed by atoms with van der Waals surface area (Å²) in [4.78, 5) is 39.3. The van der Waals surface area contributed by atoms with Gasteiger partial charge in [0.15, 0.2) is 5.60 Å². The Balaban J connectivity index is 1.35. The van der Waals surface area contributed by atoms with Crippen LogP contribution < -0.4 is 32.2 Å². The molecule has 0 radical (unpaired) electrons.